The second-order valence-corrected chi connectivity index (χ2v) is 4.66. The summed E-state index contributed by atoms with van der Waals surface area (Å²) in [4.78, 5) is 4.31. The van der Waals surface area contributed by atoms with Gasteiger partial charge in [0.1, 0.15) is 5.52 Å². The lowest BCUT2D eigenvalue weighted by Gasteiger charge is -2.04. The van der Waals surface area contributed by atoms with Crippen molar-refractivity contribution in [2.75, 3.05) is 12.4 Å². The molecule has 0 aliphatic rings. The van der Waals surface area contributed by atoms with Gasteiger partial charge < -0.3 is 9.73 Å². The summed E-state index contributed by atoms with van der Waals surface area (Å²) in [6, 6.07) is 14.7. The number of rotatable bonds is 3. The first-order valence-electron chi connectivity index (χ1n) is 6.37. The van der Waals surface area contributed by atoms with Crippen molar-refractivity contribution in [3.05, 3.63) is 59.5 Å². The topological polar surface area (TPSA) is 38.1 Å². The van der Waals surface area contributed by atoms with E-state index in [-0.39, 0.29) is 0 Å². The molecule has 3 rings (SSSR count). The number of hydrogen-bond acceptors (Lipinski definition) is 3. The van der Waals surface area contributed by atoms with E-state index in [0.717, 1.165) is 23.2 Å². The molecule has 3 nitrogen and oxygen atoms in total. The fourth-order valence-corrected chi connectivity index (χ4v) is 2.22. The van der Waals surface area contributed by atoms with E-state index in [4.69, 9.17) is 4.42 Å². The number of aryl methyl sites for hydroxylation is 1. The van der Waals surface area contributed by atoms with Crippen LogP contribution in [-0.2, 0) is 6.42 Å². The van der Waals surface area contributed by atoms with Crippen molar-refractivity contribution in [2.24, 2.45) is 0 Å². The number of aromatic nitrogens is 1. The number of nitrogens with one attached hydrogen (secondary N) is 1. The molecule has 0 atom stereocenters. The highest BCUT2D eigenvalue weighted by Gasteiger charge is 2.04. The molecule has 3 heteroatoms. The predicted molar refractivity (Wildman–Crippen MR) is 77.5 cm³/mol. The molecule has 1 heterocycles. The van der Waals surface area contributed by atoms with E-state index in [1.54, 1.807) is 0 Å². The summed E-state index contributed by atoms with van der Waals surface area (Å²) < 4.78 is 5.56. The molecule has 0 fully saturated rings. The zero-order valence-corrected chi connectivity index (χ0v) is 11.1. The average Bonchev–Trinajstić information content (AvgIpc) is 2.79. The third-order valence-electron chi connectivity index (χ3n) is 3.21. The fraction of sp³-hybridized carbons (Fsp3) is 0.188. The third kappa shape index (κ3) is 2.45. The van der Waals surface area contributed by atoms with E-state index >= 15 is 0 Å². The molecule has 0 spiro atoms. The van der Waals surface area contributed by atoms with Gasteiger partial charge in [-0.3, -0.25) is 0 Å². The summed E-state index contributed by atoms with van der Waals surface area (Å²) in [5.41, 5.74) is 5.44. The molecule has 0 unspecified atom stereocenters. The monoisotopic (exact) mass is 252 g/mol. The minimum Gasteiger partial charge on any atom is -0.441 e. The molecule has 3 aromatic rings. The lowest BCUT2D eigenvalue weighted by molar-refractivity contribution is 0.561. The van der Waals surface area contributed by atoms with Crippen LogP contribution >= 0.6 is 0 Å². The van der Waals surface area contributed by atoms with Crippen LogP contribution in [0.1, 0.15) is 17.0 Å². The summed E-state index contributed by atoms with van der Waals surface area (Å²) in [6.45, 7) is 1.87. The molecule has 0 saturated carbocycles. The van der Waals surface area contributed by atoms with Crippen LogP contribution in [0.5, 0.6) is 0 Å². The van der Waals surface area contributed by atoms with Gasteiger partial charge in [-0.2, -0.15) is 0 Å². The van der Waals surface area contributed by atoms with Gasteiger partial charge in [-0.1, -0.05) is 18.2 Å². The highest BCUT2D eigenvalue weighted by molar-refractivity contribution is 5.73. The van der Waals surface area contributed by atoms with Crippen molar-refractivity contribution in [3.8, 4) is 0 Å². The molecule has 96 valence electrons. The molecule has 2 aromatic carbocycles. The molecule has 0 aliphatic carbocycles. The first kappa shape index (κ1) is 11.8. The summed E-state index contributed by atoms with van der Waals surface area (Å²) in [6.07, 6.45) is 0.902. The molecule has 1 aromatic heterocycles. The number of benzene rings is 2. The van der Waals surface area contributed by atoms with E-state index < -0.39 is 0 Å². The largest absolute Gasteiger partial charge is 0.441 e. The van der Waals surface area contributed by atoms with E-state index in [1.807, 2.05) is 20.0 Å². The normalized spacial score (nSPS) is 10.8. The van der Waals surface area contributed by atoms with Crippen LogP contribution in [0.2, 0.25) is 0 Å². The first-order chi connectivity index (χ1) is 9.24. The number of oxazole rings is 1. The Morgan fingerprint density at radius 2 is 1.79 bits per heavy atom. The van der Waals surface area contributed by atoms with Gasteiger partial charge in [0.05, 0.1) is 0 Å². The Balaban J connectivity index is 1.87. The molecule has 0 radical (unpaired) electrons. The van der Waals surface area contributed by atoms with Crippen molar-refractivity contribution < 1.29 is 4.42 Å². The molecular formula is C16H16N2O. The fourth-order valence-electron chi connectivity index (χ4n) is 2.22. The number of anilines is 1. The lowest BCUT2D eigenvalue weighted by Crippen LogP contribution is -1.90. The number of fused-ring (bicyclic) bond motifs is 1. The van der Waals surface area contributed by atoms with Gasteiger partial charge in [-0.05, 0) is 41.8 Å². The Labute approximate surface area is 112 Å². The van der Waals surface area contributed by atoms with Crippen LogP contribution in [-0.4, -0.2) is 12.0 Å². The lowest BCUT2D eigenvalue weighted by atomic mass is 10.0. The summed E-state index contributed by atoms with van der Waals surface area (Å²) in [5.74, 6) is 0.713. The van der Waals surface area contributed by atoms with Crippen LogP contribution in [0, 0.1) is 6.92 Å². The van der Waals surface area contributed by atoms with Crippen LogP contribution in [0.15, 0.2) is 46.9 Å². The van der Waals surface area contributed by atoms with E-state index in [1.165, 1.54) is 11.1 Å². The van der Waals surface area contributed by atoms with Gasteiger partial charge in [0.15, 0.2) is 11.5 Å². The molecule has 0 amide bonds. The summed E-state index contributed by atoms with van der Waals surface area (Å²) in [5, 5.41) is 3.12. The van der Waals surface area contributed by atoms with Crippen molar-refractivity contribution >= 4 is 16.8 Å². The Morgan fingerprint density at radius 1 is 1.05 bits per heavy atom. The van der Waals surface area contributed by atoms with Crippen LogP contribution < -0.4 is 5.32 Å². The highest BCUT2D eigenvalue weighted by atomic mass is 16.3. The zero-order chi connectivity index (χ0) is 13.2. The molecule has 19 heavy (non-hydrogen) atoms. The predicted octanol–water partition coefficient (Wildman–Crippen LogP) is 3.77. The van der Waals surface area contributed by atoms with Crippen LogP contribution in [0.3, 0.4) is 0 Å². The molecule has 0 bridgehead atoms. The minimum atomic E-state index is 0.713. The highest BCUT2D eigenvalue weighted by Crippen LogP contribution is 2.19. The SMILES string of the molecule is CNc1ccc(Cc2ccc3nc(C)oc3c2)cc1. The molecule has 1 N–H and O–H groups in total. The standard InChI is InChI=1S/C16H16N2O/c1-11-18-15-8-5-13(10-16(15)19-11)9-12-3-6-14(17-2)7-4-12/h3-8,10,17H,9H2,1-2H3. The second kappa shape index (κ2) is 4.76. The Hall–Kier alpha value is -2.29. The van der Waals surface area contributed by atoms with Crippen molar-refractivity contribution in [2.45, 2.75) is 13.3 Å². The van der Waals surface area contributed by atoms with E-state index in [9.17, 15) is 0 Å². The maximum atomic E-state index is 5.56. The van der Waals surface area contributed by atoms with Gasteiger partial charge in [0, 0.05) is 19.7 Å². The van der Waals surface area contributed by atoms with Crippen molar-refractivity contribution in [3.63, 3.8) is 0 Å². The van der Waals surface area contributed by atoms with Crippen molar-refractivity contribution in [1.82, 2.24) is 4.98 Å². The molecule has 0 saturated heterocycles. The van der Waals surface area contributed by atoms with Crippen molar-refractivity contribution in [1.29, 1.82) is 0 Å². The van der Waals surface area contributed by atoms with E-state index in [0.29, 0.717) is 5.89 Å². The van der Waals surface area contributed by atoms with Gasteiger partial charge >= 0.3 is 0 Å². The molecular weight excluding hydrogens is 236 g/mol. The Kier molecular flexibility index (Phi) is 2.95. The minimum absolute atomic E-state index is 0.713. The Morgan fingerprint density at radius 3 is 2.53 bits per heavy atom. The van der Waals surface area contributed by atoms with E-state index in [2.05, 4.69) is 46.7 Å². The molecule has 0 aliphatic heterocycles. The number of nitrogens with zero attached hydrogens (tertiary/aromatic N) is 1. The first-order valence-corrected chi connectivity index (χ1v) is 6.37. The third-order valence-corrected chi connectivity index (χ3v) is 3.21. The summed E-state index contributed by atoms with van der Waals surface area (Å²) >= 11 is 0. The second-order valence-electron chi connectivity index (χ2n) is 4.66. The van der Waals surface area contributed by atoms with Gasteiger partial charge in [0.2, 0.25) is 0 Å². The van der Waals surface area contributed by atoms with Gasteiger partial charge in [-0.15, -0.1) is 0 Å². The maximum absolute atomic E-state index is 5.56. The van der Waals surface area contributed by atoms with Gasteiger partial charge in [0.25, 0.3) is 0 Å². The number of hydrogen-bond donors (Lipinski definition) is 1. The maximum Gasteiger partial charge on any atom is 0.192 e. The average molecular weight is 252 g/mol. The van der Waals surface area contributed by atoms with Crippen LogP contribution in [0.4, 0.5) is 5.69 Å². The van der Waals surface area contributed by atoms with Crippen LogP contribution in [0.25, 0.3) is 11.1 Å². The Bertz CT molecular complexity index is 698. The van der Waals surface area contributed by atoms with Gasteiger partial charge in [-0.25, -0.2) is 4.98 Å². The quantitative estimate of drug-likeness (QED) is 0.771. The summed E-state index contributed by atoms with van der Waals surface area (Å²) in [7, 11) is 1.93. The smallest absolute Gasteiger partial charge is 0.192 e. The zero-order valence-electron chi connectivity index (χ0n) is 11.1.